The molecule has 0 fully saturated rings. The molecule has 2 aromatic rings. The molecule has 1 heterocycles. The second kappa shape index (κ2) is 6.69. The topological polar surface area (TPSA) is 55.4 Å². The van der Waals surface area contributed by atoms with Crippen LogP contribution in [0.15, 0.2) is 40.6 Å². The summed E-state index contributed by atoms with van der Waals surface area (Å²) in [6, 6.07) is 10.6. The number of hydrogen-bond acceptors (Lipinski definition) is 4. The van der Waals surface area contributed by atoms with Gasteiger partial charge < -0.3 is 4.74 Å². The molecule has 0 aliphatic heterocycles. The fourth-order valence-electron chi connectivity index (χ4n) is 1.69. The maximum atomic E-state index is 12.0. The maximum absolute atomic E-state index is 12.0. The lowest BCUT2D eigenvalue weighted by Crippen LogP contribution is -2.22. The fraction of sp³-hybridized carbons (Fsp3) is 0.231. The molecule has 0 amide bonds. The van der Waals surface area contributed by atoms with Gasteiger partial charge in [-0.05, 0) is 23.3 Å². The average molecular weight is 332 g/mol. The van der Waals surface area contributed by atoms with Crippen LogP contribution in [0.3, 0.4) is 0 Å². The lowest BCUT2D eigenvalue weighted by atomic mass is 10.1. The van der Waals surface area contributed by atoms with Crippen LogP contribution in [0.5, 0.6) is 0 Å². The number of nitrogens with one attached hydrogen (secondary N) is 1. The van der Waals surface area contributed by atoms with E-state index in [1.165, 1.54) is 6.07 Å². The van der Waals surface area contributed by atoms with Gasteiger partial charge in [0.25, 0.3) is 0 Å². The summed E-state index contributed by atoms with van der Waals surface area (Å²) in [6.45, 7) is 0.733. The van der Waals surface area contributed by atoms with Gasteiger partial charge in [0.1, 0.15) is 4.21 Å². The molecule has 1 aromatic carbocycles. The first-order valence-corrected chi connectivity index (χ1v) is 8.51. The molecule has 0 unspecified atom stereocenters. The van der Waals surface area contributed by atoms with Crippen LogP contribution in [-0.4, -0.2) is 15.5 Å². The number of benzene rings is 1. The van der Waals surface area contributed by atoms with E-state index in [9.17, 15) is 8.42 Å². The molecule has 2 rings (SSSR count). The molecular formula is C13H14ClNO3S2. The number of thiophene rings is 1. The Kier molecular flexibility index (Phi) is 5.17. The summed E-state index contributed by atoms with van der Waals surface area (Å²) in [5.74, 6) is 0. The molecule has 0 saturated carbocycles. The highest BCUT2D eigenvalue weighted by molar-refractivity contribution is 7.91. The molecule has 0 radical (unpaired) electrons. The Hall–Kier alpha value is -0.920. The van der Waals surface area contributed by atoms with Crippen LogP contribution in [-0.2, 0) is 27.9 Å². The van der Waals surface area contributed by atoms with Gasteiger partial charge in [0.15, 0.2) is 0 Å². The minimum absolute atomic E-state index is 0.218. The molecule has 20 heavy (non-hydrogen) atoms. The third kappa shape index (κ3) is 4.04. The zero-order chi connectivity index (χ0) is 14.6. The van der Waals surface area contributed by atoms with Crippen LogP contribution >= 0.6 is 22.9 Å². The first kappa shape index (κ1) is 15.5. The van der Waals surface area contributed by atoms with Crippen molar-refractivity contribution in [2.45, 2.75) is 17.4 Å². The van der Waals surface area contributed by atoms with Crippen molar-refractivity contribution >= 4 is 33.0 Å². The van der Waals surface area contributed by atoms with Crippen molar-refractivity contribution in [3.63, 3.8) is 0 Å². The molecule has 1 N–H and O–H groups in total. The van der Waals surface area contributed by atoms with E-state index in [1.54, 1.807) is 13.2 Å². The second-order valence-corrected chi connectivity index (χ2v) is 7.84. The van der Waals surface area contributed by atoms with E-state index in [0.29, 0.717) is 10.9 Å². The van der Waals surface area contributed by atoms with E-state index in [-0.39, 0.29) is 10.8 Å². The van der Waals surface area contributed by atoms with E-state index >= 15 is 0 Å². The summed E-state index contributed by atoms with van der Waals surface area (Å²) in [5, 5.41) is 0. The van der Waals surface area contributed by atoms with Crippen molar-refractivity contribution < 1.29 is 13.2 Å². The molecule has 0 spiro atoms. The molecule has 0 saturated heterocycles. The van der Waals surface area contributed by atoms with Crippen molar-refractivity contribution in [2.24, 2.45) is 0 Å². The summed E-state index contributed by atoms with van der Waals surface area (Å²) in [6.07, 6.45) is 0. The Balaban J connectivity index is 2.06. The number of halogens is 1. The van der Waals surface area contributed by atoms with Gasteiger partial charge in [-0.25, -0.2) is 13.1 Å². The van der Waals surface area contributed by atoms with Gasteiger partial charge in [0.2, 0.25) is 10.0 Å². The number of hydrogen-bond donors (Lipinski definition) is 1. The zero-order valence-electron chi connectivity index (χ0n) is 10.8. The van der Waals surface area contributed by atoms with Crippen molar-refractivity contribution in [3.05, 3.63) is 51.9 Å². The van der Waals surface area contributed by atoms with Gasteiger partial charge in [0.05, 0.1) is 10.9 Å². The SMILES string of the molecule is COCc1cccc(CNS(=O)(=O)c2ccc(Cl)s2)c1. The van der Waals surface area contributed by atoms with Gasteiger partial charge >= 0.3 is 0 Å². The highest BCUT2D eigenvalue weighted by Crippen LogP contribution is 2.25. The molecule has 1 aromatic heterocycles. The first-order chi connectivity index (χ1) is 9.51. The van der Waals surface area contributed by atoms with Crippen molar-refractivity contribution in [1.82, 2.24) is 4.72 Å². The van der Waals surface area contributed by atoms with Gasteiger partial charge in [-0.3, -0.25) is 0 Å². The summed E-state index contributed by atoms with van der Waals surface area (Å²) >= 11 is 6.79. The van der Waals surface area contributed by atoms with Crippen molar-refractivity contribution in [2.75, 3.05) is 7.11 Å². The van der Waals surface area contributed by atoms with Crippen LogP contribution in [0.1, 0.15) is 11.1 Å². The monoisotopic (exact) mass is 331 g/mol. The van der Waals surface area contributed by atoms with Gasteiger partial charge in [0, 0.05) is 13.7 Å². The van der Waals surface area contributed by atoms with Crippen molar-refractivity contribution in [3.8, 4) is 0 Å². The number of methoxy groups -OCH3 is 1. The molecule has 0 bridgehead atoms. The second-order valence-electron chi connectivity index (χ2n) is 4.14. The highest BCUT2D eigenvalue weighted by atomic mass is 35.5. The van der Waals surface area contributed by atoms with Gasteiger partial charge in [-0.1, -0.05) is 35.9 Å². The molecule has 0 aliphatic carbocycles. The minimum Gasteiger partial charge on any atom is -0.380 e. The average Bonchev–Trinajstić information content (AvgIpc) is 2.85. The molecular weight excluding hydrogens is 318 g/mol. The standard InChI is InChI=1S/C13H14ClNO3S2/c1-18-9-11-4-2-3-10(7-11)8-15-20(16,17)13-6-5-12(14)19-13/h2-7,15H,8-9H2,1H3. The van der Waals surface area contributed by atoms with Gasteiger partial charge in [-0.15, -0.1) is 11.3 Å². The van der Waals surface area contributed by atoms with Crippen LogP contribution in [0.25, 0.3) is 0 Å². The Bertz CT molecular complexity index is 682. The predicted octanol–water partition coefficient (Wildman–Crippen LogP) is 3.03. The predicted molar refractivity (Wildman–Crippen MR) is 80.5 cm³/mol. The lowest BCUT2D eigenvalue weighted by Gasteiger charge is -2.06. The number of sulfonamides is 1. The Morgan fingerprint density at radius 2 is 2.00 bits per heavy atom. The molecule has 7 heteroatoms. The largest absolute Gasteiger partial charge is 0.380 e. The van der Waals surface area contributed by atoms with Crippen molar-refractivity contribution in [1.29, 1.82) is 0 Å². The van der Waals surface area contributed by atoms with Crippen LogP contribution in [0.2, 0.25) is 4.34 Å². The van der Waals surface area contributed by atoms with Gasteiger partial charge in [-0.2, -0.15) is 0 Å². The normalized spacial score (nSPS) is 11.7. The van der Waals surface area contributed by atoms with Crippen LogP contribution in [0.4, 0.5) is 0 Å². The minimum atomic E-state index is -3.51. The third-order valence-corrected chi connectivity index (χ3v) is 5.71. The van der Waals surface area contributed by atoms with E-state index < -0.39 is 10.0 Å². The quantitative estimate of drug-likeness (QED) is 0.885. The molecule has 0 aliphatic rings. The summed E-state index contributed by atoms with van der Waals surface area (Å²) in [5.41, 5.74) is 1.88. The van der Waals surface area contributed by atoms with Crippen LogP contribution < -0.4 is 4.72 Å². The first-order valence-electron chi connectivity index (χ1n) is 5.83. The summed E-state index contributed by atoms with van der Waals surface area (Å²) in [4.78, 5) is 0. The van der Waals surface area contributed by atoms with E-state index in [0.717, 1.165) is 22.5 Å². The Morgan fingerprint density at radius 3 is 2.65 bits per heavy atom. The highest BCUT2D eigenvalue weighted by Gasteiger charge is 2.16. The fourth-order valence-corrected chi connectivity index (χ4v) is 4.23. The van der Waals surface area contributed by atoms with Crippen LogP contribution in [0, 0.1) is 0 Å². The smallest absolute Gasteiger partial charge is 0.250 e. The molecule has 0 atom stereocenters. The Labute approximate surface area is 127 Å². The maximum Gasteiger partial charge on any atom is 0.250 e. The van der Waals surface area contributed by atoms with E-state index in [2.05, 4.69) is 4.72 Å². The molecule has 108 valence electrons. The van der Waals surface area contributed by atoms with E-state index in [4.69, 9.17) is 16.3 Å². The van der Waals surface area contributed by atoms with E-state index in [1.807, 2.05) is 24.3 Å². The molecule has 4 nitrogen and oxygen atoms in total. The zero-order valence-corrected chi connectivity index (χ0v) is 13.2. The third-order valence-electron chi connectivity index (χ3n) is 2.58. The lowest BCUT2D eigenvalue weighted by molar-refractivity contribution is 0.185. The summed E-state index contributed by atoms with van der Waals surface area (Å²) in [7, 11) is -1.89. The summed E-state index contributed by atoms with van der Waals surface area (Å²) < 4.78 is 32.4. The number of ether oxygens (including phenoxy) is 1. The Morgan fingerprint density at radius 1 is 1.25 bits per heavy atom. The number of rotatable bonds is 6.